The molecule has 0 radical (unpaired) electrons. The van der Waals surface area contributed by atoms with E-state index in [1.54, 1.807) is 12.3 Å². The molecule has 5 heteroatoms. The maximum absolute atomic E-state index is 12.1. The van der Waals surface area contributed by atoms with E-state index in [-0.39, 0.29) is 11.9 Å². The molecule has 1 heterocycles. The summed E-state index contributed by atoms with van der Waals surface area (Å²) in [5.41, 5.74) is 1.37. The van der Waals surface area contributed by atoms with Crippen LogP contribution in [-0.2, 0) is 0 Å². The molecule has 1 unspecified atom stereocenters. The van der Waals surface area contributed by atoms with Gasteiger partial charge >= 0.3 is 0 Å². The first-order valence-corrected chi connectivity index (χ1v) is 7.33. The number of likely N-dealkylation sites (N-methyl/N-ethyl adjacent to an activating group) is 1. The number of nitrogens with zero attached hydrogens (tertiary/aromatic N) is 2. The van der Waals surface area contributed by atoms with Gasteiger partial charge in [0.1, 0.15) is 5.69 Å². The summed E-state index contributed by atoms with van der Waals surface area (Å²) in [4.78, 5) is 18.6. The summed E-state index contributed by atoms with van der Waals surface area (Å²) in [6.45, 7) is 11.9. The SMILES string of the molecule is CCNc1ccnc(C(=O)NC(C)CN(CC)CC)c1. The Morgan fingerprint density at radius 3 is 2.65 bits per heavy atom. The second-order valence-corrected chi connectivity index (χ2v) is 4.82. The number of rotatable bonds is 8. The summed E-state index contributed by atoms with van der Waals surface area (Å²) in [5, 5.41) is 6.17. The number of pyridine rings is 1. The Morgan fingerprint density at radius 2 is 2.05 bits per heavy atom. The van der Waals surface area contributed by atoms with Crippen molar-refractivity contribution in [2.45, 2.75) is 33.7 Å². The smallest absolute Gasteiger partial charge is 0.270 e. The van der Waals surface area contributed by atoms with Crippen LogP contribution in [-0.4, -0.2) is 48.0 Å². The van der Waals surface area contributed by atoms with Gasteiger partial charge in [-0.25, -0.2) is 0 Å². The molecular formula is C15H26N4O. The highest BCUT2D eigenvalue weighted by atomic mass is 16.1. The van der Waals surface area contributed by atoms with Crippen LogP contribution in [0.2, 0.25) is 0 Å². The predicted molar refractivity (Wildman–Crippen MR) is 83.1 cm³/mol. The zero-order valence-electron chi connectivity index (χ0n) is 12.9. The molecule has 0 spiro atoms. The van der Waals surface area contributed by atoms with Gasteiger partial charge in [0.15, 0.2) is 0 Å². The Kier molecular flexibility index (Phi) is 7.01. The minimum atomic E-state index is -0.121. The van der Waals surface area contributed by atoms with Gasteiger partial charge in [-0.15, -0.1) is 0 Å². The van der Waals surface area contributed by atoms with Crippen molar-refractivity contribution in [1.82, 2.24) is 15.2 Å². The van der Waals surface area contributed by atoms with Crippen molar-refractivity contribution in [3.63, 3.8) is 0 Å². The predicted octanol–water partition coefficient (Wildman–Crippen LogP) is 1.97. The van der Waals surface area contributed by atoms with Gasteiger partial charge in [-0.1, -0.05) is 13.8 Å². The maximum Gasteiger partial charge on any atom is 0.270 e. The van der Waals surface area contributed by atoms with Crippen molar-refractivity contribution < 1.29 is 4.79 Å². The fourth-order valence-electron chi connectivity index (χ4n) is 2.08. The van der Waals surface area contributed by atoms with Crippen LogP contribution < -0.4 is 10.6 Å². The average Bonchev–Trinajstić information content (AvgIpc) is 2.45. The van der Waals surface area contributed by atoms with E-state index < -0.39 is 0 Å². The third kappa shape index (κ3) is 5.17. The van der Waals surface area contributed by atoms with Gasteiger partial charge in [0.25, 0.3) is 5.91 Å². The van der Waals surface area contributed by atoms with Crippen molar-refractivity contribution in [3.05, 3.63) is 24.0 Å². The van der Waals surface area contributed by atoms with Gasteiger partial charge < -0.3 is 15.5 Å². The number of hydrogen-bond donors (Lipinski definition) is 2. The van der Waals surface area contributed by atoms with Gasteiger partial charge in [0.2, 0.25) is 0 Å². The Balaban J connectivity index is 2.59. The van der Waals surface area contributed by atoms with Gasteiger partial charge in [0, 0.05) is 31.0 Å². The Bertz CT molecular complexity index is 418. The van der Waals surface area contributed by atoms with Crippen LogP contribution in [0.15, 0.2) is 18.3 Å². The molecular weight excluding hydrogens is 252 g/mol. The van der Waals surface area contributed by atoms with E-state index in [2.05, 4.69) is 34.4 Å². The molecule has 1 atom stereocenters. The van der Waals surface area contributed by atoms with E-state index >= 15 is 0 Å². The summed E-state index contributed by atoms with van der Waals surface area (Å²) in [7, 11) is 0. The average molecular weight is 278 g/mol. The fraction of sp³-hybridized carbons (Fsp3) is 0.600. The number of anilines is 1. The van der Waals surface area contributed by atoms with Crippen molar-refractivity contribution >= 4 is 11.6 Å². The first-order valence-electron chi connectivity index (χ1n) is 7.33. The molecule has 2 N–H and O–H groups in total. The molecule has 1 aromatic rings. The topological polar surface area (TPSA) is 57.3 Å². The molecule has 112 valence electrons. The molecule has 1 rings (SSSR count). The van der Waals surface area contributed by atoms with Crippen LogP contribution >= 0.6 is 0 Å². The first-order chi connectivity index (χ1) is 9.60. The lowest BCUT2D eigenvalue weighted by atomic mass is 10.2. The molecule has 0 bridgehead atoms. The molecule has 0 saturated heterocycles. The quantitative estimate of drug-likeness (QED) is 0.763. The molecule has 0 aromatic carbocycles. The van der Waals surface area contributed by atoms with E-state index in [9.17, 15) is 4.79 Å². The van der Waals surface area contributed by atoms with Crippen LogP contribution in [0.25, 0.3) is 0 Å². The van der Waals surface area contributed by atoms with Crippen LogP contribution in [0, 0.1) is 0 Å². The summed E-state index contributed by atoms with van der Waals surface area (Å²) < 4.78 is 0. The number of amides is 1. The number of aromatic nitrogens is 1. The van der Waals surface area contributed by atoms with E-state index in [1.165, 1.54) is 0 Å². The second-order valence-electron chi connectivity index (χ2n) is 4.82. The fourth-order valence-corrected chi connectivity index (χ4v) is 2.08. The minimum absolute atomic E-state index is 0.104. The Morgan fingerprint density at radius 1 is 1.35 bits per heavy atom. The van der Waals surface area contributed by atoms with Crippen molar-refractivity contribution in [2.75, 3.05) is 31.5 Å². The van der Waals surface area contributed by atoms with E-state index in [4.69, 9.17) is 0 Å². The molecule has 0 aliphatic rings. The van der Waals surface area contributed by atoms with Crippen LogP contribution in [0.3, 0.4) is 0 Å². The molecule has 1 aromatic heterocycles. The minimum Gasteiger partial charge on any atom is -0.385 e. The number of hydrogen-bond acceptors (Lipinski definition) is 4. The molecule has 20 heavy (non-hydrogen) atoms. The van der Waals surface area contributed by atoms with Gasteiger partial charge in [-0.2, -0.15) is 0 Å². The molecule has 0 aliphatic carbocycles. The van der Waals surface area contributed by atoms with Gasteiger partial charge in [-0.3, -0.25) is 9.78 Å². The van der Waals surface area contributed by atoms with Gasteiger partial charge in [0.05, 0.1) is 0 Å². The van der Waals surface area contributed by atoms with Crippen LogP contribution in [0.1, 0.15) is 38.2 Å². The number of nitrogens with one attached hydrogen (secondary N) is 2. The largest absolute Gasteiger partial charge is 0.385 e. The van der Waals surface area contributed by atoms with Crippen molar-refractivity contribution in [2.24, 2.45) is 0 Å². The van der Waals surface area contributed by atoms with Crippen molar-refractivity contribution in [3.8, 4) is 0 Å². The van der Waals surface area contributed by atoms with E-state index in [1.807, 2.05) is 19.9 Å². The third-order valence-electron chi connectivity index (χ3n) is 3.18. The second kappa shape index (κ2) is 8.53. The normalized spacial score (nSPS) is 12.2. The maximum atomic E-state index is 12.1. The molecule has 1 amide bonds. The number of carbonyl (C=O) groups excluding carboxylic acids is 1. The summed E-state index contributed by atoms with van der Waals surface area (Å²) in [5.74, 6) is -0.121. The standard InChI is InChI=1S/C15H26N4O/c1-5-16-13-8-9-17-14(10-13)15(20)18-12(4)11-19(6-2)7-3/h8-10,12H,5-7,11H2,1-4H3,(H,16,17)(H,18,20). The molecule has 0 aliphatic heterocycles. The molecule has 5 nitrogen and oxygen atoms in total. The highest BCUT2D eigenvalue weighted by Crippen LogP contribution is 2.07. The number of carbonyl (C=O) groups is 1. The Labute approximate surface area is 121 Å². The summed E-state index contributed by atoms with van der Waals surface area (Å²) in [6, 6.07) is 3.75. The highest BCUT2D eigenvalue weighted by Gasteiger charge is 2.13. The lowest BCUT2D eigenvalue weighted by Gasteiger charge is -2.23. The summed E-state index contributed by atoms with van der Waals surface area (Å²) in [6.07, 6.45) is 1.65. The zero-order valence-corrected chi connectivity index (χ0v) is 12.9. The van der Waals surface area contributed by atoms with Crippen LogP contribution in [0.4, 0.5) is 5.69 Å². The monoisotopic (exact) mass is 278 g/mol. The van der Waals surface area contributed by atoms with Crippen molar-refractivity contribution in [1.29, 1.82) is 0 Å². The lowest BCUT2D eigenvalue weighted by molar-refractivity contribution is 0.0925. The first kappa shape index (κ1) is 16.4. The van der Waals surface area contributed by atoms with Gasteiger partial charge in [-0.05, 0) is 39.1 Å². The Hall–Kier alpha value is -1.62. The highest BCUT2D eigenvalue weighted by molar-refractivity contribution is 5.93. The van der Waals surface area contributed by atoms with Crippen LogP contribution in [0.5, 0.6) is 0 Å². The van der Waals surface area contributed by atoms with E-state index in [0.717, 1.165) is 31.9 Å². The van der Waals surface area contributed by atoms with E-state index in [0.29, 0.717) is 5.69 Å². The molecule has 0 saturated carbocycles. The molecule has 0 fully saturated rings. The zero-order chi connectivity index (χ0) is 15.0. The summed E-state index contributed by atoms with van der Waals surface area (Å²) >= 11 is 0. The third-order valence-corrected chi connectivity index (χ3v) is 3.18. The lowest BCUT2D eigenvalue weighted by Crippen LogP contribution is -2.42.